The van der Waals surface area contributed by atoms with E-state index in [1.54, 1.807) is 31.4 Å². The maximum absolute atomic E-state index is 13.5. The van der Waals surface area contributed by atoms with Gasteiger partial charge in [0.25, 0.3) is 11.8 Å². The second-order valence-corrected chi connectivity index (χ2v) is 7.26. The summed E-state index contributed by atoms with van der Waals surface area (Å²) in [6.45, 7) is 2.64. The molecule has 0 atom stereocenters. The van der Waals surface area contributed by atoms with Crippen LogP contribution in [-0.4, -0.2) is 25.5 Å². The lowest BCUT2D eigenvalue weighted by molar-refractivity contribution is -0.120. The largest absolute Gasteiger partial charge is 0.497 e. The van der Waals surface area contributed by atoms with Gasteiger partial charge in [-0.3, -0.25) is 9.59 Å². The molecule has 162 valence electrons. The maximum atomic E-state index is 13.5. The van der Waals surface area contributed by atoms with Crippen molar-refractivity contribution in [2.45, 2.75) is 13.3 Å². The fourth-order valence-electron chi connectivity index (χ4n) is 3.53. The molecule has 0 aromatic heterocycles. The number of imide groups is 1. The van der Waals surface area contributed by atoms with Crippen LogP contribution in [0.3, 0.4) is 0 Å². The summed E-state index contributed by atoms with van der Waals surface area (Å²) in [5.74, 6) is 0.434. The van der Waals surface area contributed by atoms with Gasteiger partial charge in [0.05, 0.1) is 25.0 Å². The van der Waals surface area contributed by atoms with Crippen molar-refractivity contribution < 1.29 is 19.1 Å². The van der Waals surface area contributed by atoms with E-state index in [-0.39, 0.29) is 5.70 Å². The van der Waals surface area contributed by atoms with Gasteiger partial charge in [-0.15, -0.1) is 0 Å². The number of hydrogen-bond acceptors (Lipinski definition) is 5. The molecule has 1 heterocycles. The van der Waals surface area contributed by atoms with Crippen LogP contribution < -0.4 is 19.7 Å². The van der Waals surface area contributed by atoms with Crippen molar-refractivity contribution in [2.24, 2.45) is 0 Å². The smallest absolute Gasteiger partial charge is 0.282 e. The molecule has 0 bridgehead atoms. The molecule has 6 heteroatoms. The normalized spacial score (nSPS) is 13.5. The molecule has 0 radical (unpaired) electrons. The highest BCUT2D eigenvalue weighted by molar-refractivity contribution is 6.46. The lowest BCUT2D eigenvalue weighted by atomic mass is 10.0. The first-order valence-electron chi connectivity index (χ1n) is 10.4. The summed E-state index contributed by atoms with van der Waals surface area (Å²) < 4.78 is 11.0. The van der Waals surface area contributed by atoms with E-state index < -0.39 is 11.8 Å². The van der Waals surface area contributed by atoms with Crippen molar-refractivity contribution in [3.63, 3.8) is 0 Å². The number of carbonyl (C=O) groups excluding carboxylic acids is 2. The van der Waals surface area contributed by atoms with Gasteiger partial charge in [-0.25, -0.2) is 4.90 Å². The average Bonchev–Trinajstić information content (AvgIpc) is 3.07. The maximum Gasteiger partial charge on any atom is 0.282 e. The number of hydrogen-bond donors (Lipinski definition) is 1. The monoisotopic (exact) mass is 428 g/mol. The van der Waals surface area contributed by atoms with Crippen LogP contribution in [0.1, 0.15) is 18.9 Å². The Kier molecular flexibility index (Phi) is 6.22. The lowest BCUT2D eigenvalue weighted by Crippen LogP contribution is -2.32. The van der Waals surface area contributed by atoms with Crippen LogP contribution in [0.5, 0.6) is 11.5 Å². The summed E-state index contributed by atoms with van der Waals surface area (Å²) in [6, 6.07) is 23.4. The number of carbonyl (C=O) groups is 2. The van der Waals surface area contributed by atoms with Gasteiger partial charge in [0.15, 0.2) is 0 Å². The first-order chi connectivity index (χ1) is 15.6. The second kappa shape index (κ2) is 9.39. The summed E-state index contributed by atoms with van der Waals surface area (Å²) in [5.41, 5.74) is 2.31. The van der Waals surface area contributed by atoms with E-state index in [9.17, 15) is 9.59 Å². The summed E-state index contributed by atoms with van der Waals surface area (Å²) >= 11 is 0. The molecule has 3 aromatic rings. The number of nitrogens with one attached hydrogen (secondary N) is 1. The van der Waals surface area contributed by atoms with Crippen molar-refractivity contribution in [1.29, 1.82) is 0 Å². The van der Waals surface area contributed by atoms with Gasteiger partial charge in [0, 0.05) is 17.8 Å². The van der Waals surface area contributed by atoms with Crippen LogP contribution in [0.15, 0.2) is 84.6 Å². The Morgan fingerprint density at radius 1 is 0.844 bits per heavy atom. The van der Waals surface area contributed by atoms with Crippen molar-refractivity contribution in [3.05, 3.63) is 90.1 Å². The van der Waals surface area contributed by atoms with Gasteiger partial charge in [-0.05, 0) is 36.2 Å². The molecule has 0 unspecified atom stereocenters. The van der Waals surface area contributed by atoms with Crippen molar-refractivity contribution in [1.82, 2.24) is 0 Å². The molecule has 6 nitrogen and oxygen atoms in total. The Bertz CT molecular complexity index is 1170. The number of anilines is 2. The highest BCUT2D eigenvalue weighted by Crippen LogP contribution is 2.35. The van der Waals surface area contributed by atoms with Gasteiger partial charge in [-0.2, -0.15) is 0 Å². The zero-order valence-electron chi connectivity index (χ0n) is 18.0. The average molecular weight is 428 g/mol. The van der Waals surface area contributed by atoms with E-state index in [1.165, 1.54) is 4.90 Å². The lowest BCUT2D eigenvalue weighted by Gasteiger charge is -2.16. The Morgan fingerprint density at radius 2 is 1.59 bits per heavy atom. The Balaban J connectivity index is 1.75. The third-order valence-electron chi connectivity index (χ3n) is 5.03. The predicted molar refractivity (Wildman–Crippen MR) is 125 cm³/mol. The van der Waals surface area contributed by atoms with Crippen molar-refractivity contribution in [3.8, 4) is 11.5 Å². The Labute approximate surface area is 187 Å². The number of benzene rings is 3. The Morgan fingerprint density at radius 3 is 2.34 bits per heavy atom. The number of amides is 2. The summed E-state index contributed by atoms with van der Waals surface area (Å²) in [7, 11) is 1.54. The zero-order chi connectivity index (χ0) is 22.5. The molecular formula is C26H24N2O4. The van der Waals surface area contributed by atoms with E-state index in [0.29, 0.717) is 40.6 Å². The standard InChI is InChI=1S/C26H24N2O4/c1-3-15-32-22-14-7-11-19(16-22)27-24-23(18-9-5-4-6-10-18)25(29)28(26(24)30)20-12-8-13-21(17-20)31-2/h4-14,16-17,27H,3,15H2,1-2H3. The molecule has 0 spiro atoms. The van der Waals surface area contributed by atoms with Crippen LogP contribution in [0, 0.1) is 0 Å². The zero-order valence-corrected chi connectivity index (χ0v) is 18.0. The minimum absolute atomic E-state index is 0.219. The van der Waals surface area contributed by atoms with Crippen LogP contribution in [0.2, 0.25) is 0 Å². The molecule has 2 amide bonds. The fraction of sp³-hybridized carbons (Fsp3) is 0.154. The second-order valence-electron chi connectivity index (χ2n) is 7.26. The van der Waals surface area contributed by atoms with E-state index in [0.717, 1.165) is 6.42 Å². The molecule has 1 aliphatic heterocycles. The SMILES string of the molecule is CCCOc1cccc(NC2=C(c3ccccc3)C(=O)N(c3cccc(OC)c3)C2=O)c1. The number of ether oxygens (including phenoxy) is 2. The molecule has 1 N–H and O–H groups in total. The van der Waals surface area contributed by atoms with Crippen molar-refractivity contribution >= 4 is 28.8 Å². The van der Waals surface area contributed by atoms with Gasteiger partial charge in [0.1, 0.15) is 17.2 Å². The molecule has 1 aliphatic rings. The van der Waals surface area contributed by atoms with Gasteiger partial charge >= 0.3 is 0 Å². The van der Waals surface area contributed by atoms with Gasteiger partial charge in [-0.1, -0.05) is 49.4 Å². The van der Waals surface area contributed by atoms with E-state index in [2.05, 4.69) is 5.32 Å². The third kappa shape index (κ3) is 4.21. The molecular weight excluding hydrogens is 404 g/mol. The van der Waals surface area contributed by atoms with Gasteiger partial charge < -0.3 is 14.8 Å². The highest BCUT2D eigenvalue weighted by atomic mass is 16.5. The Hall–Kier alpha value is -4.06. The first-order valence-corrected chi connectivity index (χ1v) is 10.4. The molecule has 32 heavy (non-hydrogen) atoms. The minimum Gasteiger partial charge on any atom is -0.497 e. The van der Waals surface area contributed by atoms with Crippen LogP contribution in [-0.2, 0) is 9.59 Å². The minimum atomic E-state index is -0.429. The number of rotatable bonds is 8. The molecule has 0 saturated carbocycles. The molecule has 3 aromatic carbocycles. The highest BCUT2D eigenvalue weighted by Gasteiger charge is 2.40. The van der Waals surface area contributed by atoms with Crippen LogP contribution in [0.25, 0.3) is 5.57 Å². The predicted octanol–water partition coefficient (Wildman–Crippen LogP) is 4.88. The topological polar surface area (TPSA) is 67.9 Å². The summed E-state index contributed by atoms with van der Waals surface area (Å²) in [5, 5.41) is 3.17. The quantitative estimate of drug-likeness (QED) is 0.518. The number of methoxy groups -OCH3 is 1. The molecule has 0 saturated heterocycles. The molecule has 0 aliphatic carbocycles. The van der Waals surface area contributed by atoms with E-state index in [1.807, 2.05) is 61.5 Å². The summed E-state index contributed by atoms with van der Waals surface area (Å²) in [6.07, 6.45) is 0.892. The molecule has 0 fully saturated rings. The fourth-order valence-corrected chi connectivity index (χ4v) is 3.53. The van der Waals surface area contributed by atoms with Crippen LogP contribution in [0.4, 0.5) is 11.4 Å². The number of nitrogens with zero attached hydrogens (tertiary/aromatic N) is 1. The van der Waals surface area contributed by atoms with Crippen molar-refractivity contribution in [2.75, 3.05) is 23.9 Å². The first kappa shape index (κ1) is 21.2. The van der Waals surface area contributed by atoms with E-state index >= 15 is 0 Å². The van der Waals surface area contributed by atoms with E-state index in [4.69, 9.17) is 9.47 Å². The van der Waals surface area contributed by atoms with Crippen LogP contribution >= 0.6 is 0 Å². The molecule has 4 rings (SSSR count). The summed E-state index contributed by atoms with van der Waals surface area (Å²) in [4.78, 5) is 28.1. The van der Waals surface area contributed by atoms with Gasteiger partial charge in [0.2, 0.25) is 0 Å². The third-order valence-corrected chi connectivity index (χ3v) is 5.03.